The summed E-state index contributed by atoms with van der Waals surface area (Å²) in [6.07, 6.45) is 3.00. The van der Waals surface area contributed by atoms with Gasteiger partial charge in [0, 0.05) is 25.2 Å². The summed E-state index contributed by atoms with van der Waals surface area (Å²) in [5.41, 5.74) is 1.00. The van der Waals surface area contributed by atoms with Crippen LogP contribution >= 0.6 is 0 Å². The van der Waals surface area contributed by atoms with Gasteiger partial charge in [-0.15, -0.1) is 0 Å². The summed E-state index contributed by atoms with van der Waals surface area (Å²) in [6, 6.07) is 6.68. The van der Waals surface area contributed by atoms with Crippen LogP contribution in [0.4, 0.5) is 4.39 Å². The van der Waals surface area contributed by atoms with Crippen LogP contribution in [0.15, 0.2) is 36.7 Å². The highest BCUT2D eigenvalue weighted by molar-refractivity contribution is 5.77. The molecule has 1 aliphatic rings. The van der Waals surface area contributed by atoms with Crippen LogP contribution in [0.3, 0.4) is 0 Å². The van der Waals surface area contributed by atoms with Crippen molar-refractivity contribution in [2.24, 2.45) is 0 Å². The summed E-state index contributed by atoms with van der Waals surface area (Å²) < 4.78 is 26.4. The molecule has 2 aromatic rings. The molecule has 122 valence electrons. The molecule has 0 aliphatic carbocycles. The van der Waals surface area contributed by atoms with Crippen molar-refractivity contribution in [1.29, 1.82) is 0 Å². The van der Waals surface area contributed by atoms with Crippen LogP contribution in [0, 0.1) is 5.82 Å². The molecule has 0 fully saturated rings. The van der Waals surface area contributed by atoms with Crippen molar-refractivity contribution in [3.63, 3.8) is 0 Å². The minimum atomic E-state index is -0.515. The van der Waals surface area contributed by atoms with Crippen LogP contribution in [-0.2, 0) is 22.6 Å². The van der Waals surface area contributed by atoms with E-state index >= 15 is 0 Å². The molecule has 1 aliphatic heterocycles. The predicted molar refractivity (Wildman–Crippen MR) is 80.3 cm³/mol. The quantitative estimate of drug-likeness (QED) is 0.856. The molecule has 0 radical (unpaired) electrons. The van der Waals surface area contributed by atoms with Crippen molar-refractivity contribution < 1.29 is 18.7 Å². The number of rotatable bonds is 4. The van der Waals surface area contributed by atoms with Gasteiger partial charge in [0.2, 0.25) is 5.91 Å². The predicted octanol–water partition coefficient (Wildman–Crippen LogP) is 1.46. The third-order valence-electron chi connectivity index (χ3n) is 3.72. The Labute approximate surface area is 133 Å². The number of ether oxygens (including phenoxy) is 2. The first-order valence-electron chi connectivity index (χ1n) is 7.35. The number of hydrogen-bond acceptors (Lipinski definition) is 4. The van der Waals surface area contributed by atoms with E-state index in [1.807, 2.05) is 22.9 Å². The van der Waals surface area contributed by atoms with E-state index in [2.05, 4.69) is 4.98 Å². The summed E-state index contributed by atoms with van der Waals surface area (Å²) >= 11 is 0. The van der Waals surface area contributed by atoms with E-state index in [4.69, 9.17) is 9.47 Å². The Morgan fingerprint density at radius 2 is 2.26 bits per heavy atom. The number of aromatic nitrogens is 2. The number of methoxy groups -OCH3 is 1. The molecule has 0 unspecified atom stereocenters. The average Bonchev–Trinajstić information content (AvgIpc) is 2.88. The number of nitrogens with zero attached hydrogens (tertiary/aromatic N) is 3. The molecule has 0 aromatic carbocycles. The topological polar surface area (TPSA) is 56.6 Å². The summed E-state index contributed by atoms with van der Waals surface area (Å²) in [5.74, 6) is -0.691. The van der Waals surface area contributed by atoms with Gasteiger partial charge in [0.05, 0.1) is 19.6 Å². The lowest BCUT2D eigenvalue weighted by atomic mass is 10.3. The number of pyridine rings is 1. The Balaban J connectivity index is 1.82. The lowest BCUT2D eigenvalue weighted by Crippen LogP contribution is -2.40. The molecule has 3 heterocycles. The summed E-state index contributed by atoms with van der Waals surface area (Å²) in [5, 5.41) is 0. The van der Waals surface area contributed by atoms with Crippen molar-refractivity contribution in [2.75, 3.05) is 20.3 Å². The molecule has 7 heteroatoms. The first kappa shape index (κ1) is 15.5. The van der Waals surface area contributed by atoms with Crippen molar-refractivity contribution >= 4 is 5.91 Å². The Hall–Kier alpha value is -2.41. The van der Waals surface area contributed by atoms with Gasteiger partial charge in [-0.1, -0.05) is 0 Å². The lowest BCUT2D eigenvalue weighted by molar-refractivity contribution is -0.136. The maximum absolute atomic E-state index is 13.8. The minimum Gasteiger partial charge on any atom is -0.468 e. The lowest BCUT2D eigenvalue weighted by Gasteiger charge is -2.24. The van der Waals surface area contributed by atoms with Gasteiger partial charge < -0.3 is 18.9 Å². The zero-order valence-corrected chi connectivity index (χ0v) is 12.8. The molecule has 1 atom stereocenters. The molecule has 0 saturated heterocycles. The van der Waals surface area contributed by atoms with Gasteiger partial charge in [0.15, 0.2) is 5.82 Å². The largest absolute Gasteiger partial charge is 0.468 e. The second-order valence-electron chi connectivity index (χ2n) is 5.39. The van der Waals surface area contributed by atoms with Crippen molar-refractivity contribution in [1.82, 2.24) is 14.5 Å². The van der Waals surface area contributed by atoms with Crippen LogP contribution in [0.2, 0.25) is 0 Å². The van der Waals surface area contributed by atoms with Gasteiger partial charge >= 0.3 is 0 Å². The van der Waals surface area contributed by atoms with E-state index in [0.29, 0.717) is 19.6 Å². The first-order valence-corrected chi connectivity index (χ1v) is 7.35. The zero-order valence-electron chi connectivity index (χ0n) is 12.8. The number of carbonyl (C=O) groups excluding carboxylic acids is 1. The van der Waals surface area contributed by atoms with Crippen LogP contribution < -0.4 is 4.74 Å². The number of fused-ring (bicyclic) bond motifs is 1. The van der Waals surface area contributed by atoms with Gasteiger partial charge in [0.1, 0.15) is 12.7 Å². The highest BCUT2D eigenvalue weighted by atomic mass is 19.1. The van der Waals surface area contributed by atoms with Crippen LogP contribution in [0.25, 0.3) is 0 Å². The Morgan fingerprint density at radius 3 is 3.04 bits per heavy atom. The molecule has 3 rings (SSSR count). The van der Waals surface area contributed by atoms with Crippen molar-refractivity contribution in [3.8, 4) is 5.88 Å². The summed E-state index contributed by atoms with van der Waals surface area (Å²) in [4.78, 5) is 17.8. The normalized spacial score (nSPS) is 17.5. The fourth-order valence-corrected chi connectivity index (χ4v) is 2.65. The molecule has 1 amide bonds. The SMILES string of the molecule is COCC(=O)N1Cc2cccn2C[C@H](Oc2ncccc2F)C1. The second kappa shape index (κ2) is 6.78. The third kappa shape index (κ3) is 3.50. The van der Waals surface area contributed by atoms with Crippen LogP contribution in [-0.4, -0.2) is 46.7 Å². The van der Waals surface area contributed by atoms with Crippen molar-refractivity contribution in [3.05, 3.63) is 48.2 Å². The van der Waals surface area contributed by atoms with Crippen LogP contribution in [0.5, 0.6) is 5.88 Å². The third-order valence-corrected chi connectivity index (χ3v) is 3.72. The molecule has 0 N–H and O–H groups in total. The number of halogens is 1. The average molecular weight is 319 g/mol. The summed E-state index contributed by atoms with van der Waals surface area (Å²) in [6.45, 7) is 1.35. The fraction of sp³-hybridized carbons (Fsp3) is 0.375. The molecule has 0 bridgehead atoms. The maximum atomic E-state index is 13.8. The van der Waals surface area contributed by atoms with Gasteiger partial charge in [-0.3, -0.25) is 4.79 Å². The van der Waals surface area contributed by atoms with Gasteiger partial charge in [-0.05, 0) is 24.3 Å². The molecule has 2 aromatic heterocycles. The van der Waals surface area contributed by atoms with Crippen LogP contribution in [0.1, 0.15) is 5.69 Å². The Morgan fingerprint density at radius 1 is 1.39 bits per heavy atom. The molecule has 23 heavy (non-hydrogen) atoms. The highest BCUT2D eigenvalue weighted by Gasteiger charge is 2.26. The zero-order chi connectivity index (χ0) is 16.2. The number of hydrogen-bond donors (Lipinski definition) is 0. The maximum Gasteiger partial charge on any atom is 0.250 e. The molecular weight excluding hydrogens is 301 g/mol. The van der Waals surface area contributed by atoms with E-state index in [-0.39, 0.29) is 18.4 Å². The molecule has 6 nitrogen and oxygen atoms in total. The van der Waals surface area contributed by atoms with E-state index in [0.717, 1.165) is 5.69 Å². The Bertz CT molecular complexity index is 689. The highest BCUT2D eigenvalue weighted by Crippen LogP contribution is 2.19. The van der Waals surface area contributed by atoms with Crippen molar-refractivity contribution in [2.45, 2.75) is 19.2 Å². The van der Waals surface area contributed by atoms with Gasteiger partial charge in [-0.25, -0.2) is 9.37 Å². The van der Waals surface area contributed by atoms with Gasteiger partial charge in [-0.2, -0.15) is 0 Å². The molecule has 0 spiro atoms. The second-order valence-corrected chi connectivity index (χ2v) is 5.39. The molecule has 0 saturated carbocycles. The minimum absolute atomic E-state index is 0.00533. The molecular formula is C16H18FN3O3. The standard InChI is InChI=1S/C16H18FN3O3/c1-22-11-15(21)20-8-12-4-3-7-19(12)9-13(10-20)23-16-14(17)5-2-6-18-16/h2-7,13H,8-11H2,1H3/t13-/m0/s1. The number of carbonyl (C=O) groups is 1. The van der Waals surface area contributed by atoms with E-state index in [9.17, 15) is 9.18 Å². The van der Waals surface area contributed by atoms with E-state index in [1.165, 1.54) is 25.4 Å². The van der Waals surface area contributed by atoms with E-state index in [1.54, 1.807) is 4.90 Å². The smallest absolute Gasteiger partial charge is 0.250 e. The number of amides is 1. The first-order chi connectivity index (χ1) is 11.2. The summed E-state index contributed by atoms with van der Waals surface area (Å²) in [7, 11) is 1.48. The van der Waals surface area contributed by atoms with Gasteiger partial charge in [0.25, 0.3) is 5.88 Å². The fourth-order valence-electron chi connectivity index (χ4n) is 2.65. The monoisotopic (exact) mass is 319 g/mol. The Kier molecular flexibility index (Phi) is 4.57. The van der Waals surface area contributed by atoms with E-state index < -0.39 is 11.9 Å².